The third-order valence-electron chi connectivity index (χ3n) is 3.01. The van der Waals surface area contributed by atoms with Crippen LogP contribution in [0.4, 0.5) is 0 Å². The quantitative estimate of drug-likeness (QED) is 0.783. The molecular formula is C14H22O. The maximum absolute atomic E-state index is 9.13. The number of rotatable bonds is 5. The summed E-state index contributed by atoms with van der Waals surface area (Å²) in [5.74, 6) is 1.01. The van der Waals surface area contributed by atoms with E-state index in [1.54, 1.807) is 0 Å². The third-order valence-corrected chi connectivity index (χ3v) is 3.01. The van der Waals surface area contributed by atoms with Gasteiger partial charge in [0.05, 0.1) is 0 Å². The van der Waals surface area contributed by atoms with Gasteiger partial charge in [-0.25, -0.2) is 0 Å². The minimum atomic E-state index is 0.294. The van der Waals surface area contributed by atoms with Crippen LogP contribution in [0.15, 0.2) is 24.3 Å². The molecule has 1 unspecified atom stereocenters. The predicted molar refractivity (Wildman–Crippen MR) is 65.1 cm³/mol. The summed E-state index contributed by atoms with van der Waals surface area (Å²) in [7, 11) is 0. The van der Waals surface area contributed by atoms with Gasteiger partial charge in [0.25, 0.3) is 0 Å². The van der Waals surface area contributed by atoms with Gasteiger partial charge in [-0.05, 0) is 29.4 Å². The summed E-state index contributed by atoms with van der Waals surface area (Å²) in [6, 6.07) is 8.77. The molecule has 84 valence electrons. The molecule has 0 spiro atoms. The van der Waals surface area contributed by atoms with Crippen LogP contribution in [-0.2, 0) is 6.42 Å². The molecule has 0 radical (unpaired) electrons. The molecule has 1 heteroatoms. The molecule has 0 heterocycles. The minimum Gasteiger partial charge on any atom is -0.396 e. The Hall–Kier alpha value is -0.820. The van der Waals surface area contributed by atoms with Crippen molar-refractivity contribution in [3.63, 3.8) is 0 Å². The number of benzene rings is 1. The molecule has 1 aromatic rings. The van der Waals surface area contributed by atoms with Gasteiger partial charge >= 0.3 is 0 Å². The van der Waals surface area contributed by atoms with E-state index in [9.17, 15) is 0 Å². The van der Waals surface area contributed by atoms with Crippen LogP contribution in [0, 0.1) is 5.92 Å². The van der Waals surface area contributed by atoms with E-state index < -0.39 is 0 Å². The van der Waals surface area contributed by atoms with E-state index in [0.717, 1.165) is 12.8 Å². The lowest BCUT2D eigenvalue weighted by molar-refractivity contribution is 0.222. The smallest absolute Gasteiger partial charge is 0.0462 e. The lowest BCUT2D eigenvalue weighted by atomic mass is 9.95. The van der Waals surface area contributed by atoms with Crippen LogP contribution in [0.3, 0.4) is 0 Å². The fourth-order valence-electron chi connectivity index (χ4n) is 1.71. The fraction of sp³-hybridized carbons (Fsp3) is 0.571. The zero-order chi connectivity index (χ0) is 11.3. The second-order valence-corrected chi connectivity index (χ2v) is 4.56. The molecule has 1 rings (SSSR count). The van der Waals surface area contributed by atoms with E-state index in [0.29, 0.717) is 18.4 Å². The standard InChI is InChI=1S/C14H22O/c1-4-12(10-15)9-13-5-7-14(8-6-13)11(2)3/h5-8,11-12,15H,4,9-10H2,1-3H3. The van der Waals surface area contributed by atoms with E-state index in [4.69, 9.17) is 5.11 Å². The second kappa shape index (κ2) is 5.92. The molecule has 1 atom stereocenters. The second-order valence-electron chi connectivity index (χ2n) is 4.56. The van der Waals surface area contributed by atoms with Gasteiger partial charge in [-0.1, -0.05) is 51.5 Å². The lowest BCUT2D eigenvalue weighted by Gasteiger charge is -2.12. The van der Waals surface area contributed by atoms with E-state index in [2.05, 4.69) is 45.0 Å². The van der Waals surface area contributed by atoms with Crippen molar-refractivity contribution >= 4 is 0 Å². The lowest BCUT2D eigenvalue weighted by Crippen LogP contribution is -2.08. The highest BCUT2D eigenvalue weighted by Gasteiger charge is 2.06. The zero-order valence-corrected chi connectivity index (χ0v) is 10.0. The van der Waals surface area contributed by atoms with Crippen molar-refractivity contribution in [2.45, 2.75) is 39.5 Å². The molecule has 0 saturated carbocycles. The molecule has 0 aliphatic rings. The molecule has 15 heavy (non-hydrogen) atoms. The van der Waals surface area contributed by atoms with Crippen molar-refractivity contribution in [2.24, 2.45) is 5.92 Å². The normalized spacial score (nSPS) is 13.1. The fourth-order valence-corrected chi connectivity index (χ4v) is 1.71. The van der Waals surface area contributed by atoms with Crippen molar-refractivity contribution in [2.75, 3.05) is 6.61 Å². The molecule has 0 aliphatic heterocycles. The van der Waals surface area contributed by atoms with Gasteiger partial charge < -0.3 is 5.11 Å². The zero-order valence-electron chi connectivity index (χ0n) is 10.0. The van der Waals surface area contributed by atoms with Crippen molar-refractivity contribution in [3.8, 4) is 0 Å². The molecular weight excluding hydrogens is 184 g/mol. The highest BCUT2D eigenvalue weighted by molar-refractivity contribution is 5.24. The molecule has 1 aromatic carbocycles. The van der Waals surface area contributed by atoms with Crippen molar-refractivity contribution in [3.05, 3.63) is 35.4 Å². The Morgan fingerprint density at radius 3 is 2.13 bits per heavy atom. The third kappa shape index (κ3) is 3.67. The Kier molecular flexibility index (Phi) is 4.83. The number of hydrogen-bond acceptors (Lipinski definition) is 1. The van der Waals surface area contributed by atoms with Gasteiger partial charge in [0.1, 0.15) is 0 Å². The summed E-state index contributed by atoms with van der Waals surface area (Å²) in [5.41, 5.74) is 2.72. The number of aliphatic hydroxyl groups is 1. The van der Waals surface area contributed by atoms with Gasteiger partial charge in [0, 0.05) is 6.61 Å². The van der Waals surface area contributed by atoms with E-state index in [-0.39, 0.29) is 0 Å². The first-order chi connectivity index (χ1) is 7.17. The van der Waals surface area contributed by atoms with Gasteiger partial charge in [-0.15, -0.1) is 0 Å². The van der Waals surface area contributed by atoms with E-state index in [1.807, 2.05) is 0 Å². The van der Waals surface area contributed by atoms with Gasteiger partial charge in [0.15, 0.2) is 0 Å². The maximum atomic E-state index is 9.13. The Bertz CT molecular complexity index is 270. The largest absolute Gasteiger partial charge is 0.396 e. The molecule has 1 nitrogen and oxygen atoms in total. The van der Waals surface area contributed by atoms with Gasteiger partial charge in [0.2, 0.25) is 0 Å². The maximum Gasteiger partial charge on any atom is 0.0462 e. The first-order valence-electron chi connectivity index (χ1n) is 5.87. The first kappa shape index (κ1) is 12.3. The van der Waals surface area contributed by atoms with Gasteiger partial charge in [-0.3, -0.25) is 0 Å². The number of aliphatic hydroxyl groups excluding tert-OH is 1. The average Bonchev–Trinajstić information content (AvgIpc) is 2.26. The van der Waals surface area contributed by atoms with Crippen LogP contribution in [0.2, 0.25) is 0 Å². The molecule has 1 N–H and O–H groups in total. The highest BCUT2D eigenvalue weighted by atomic mass is 16.3. The summed E-state index contributed by atoms with van der Waals surface area (Å²) in [4.78, 5) is 0. The van der Waals surface area contributed by atoms with Crippen LogP contribution in [0.25, 0.3) is 0 Å². The van der Waals surface area contributed by atoms with Crippen molar-refractivity contribution in [1.82, 2.24) is 0 Å². The van der Waals surface area contributed by atoms with Crippen LogP contribution >= 0.6 is 0 Å². The summed E-state index contributed by atoms with van der Waals surface area (Å²) < 4.78 is 0. The van der Waals surface area contributed by atoms with Crippen LogP contribution in [-0.4, -0.2) is 11.7 Å². The molecule has 0 saturated heterocycles. The Morgan fingerprint density at radius 2 is 1.73 bits per heavy atom. The Morgan fingerprint density at radius 1 is 1.13 bits per heavy atom. The molecule has 0 aromatic heterocycles. The van der Waals surface area contributed by atoms with Crippen LogP contribution in [0.5, 0.6) is 0 Å². The average molecular weight is 206 g/mol. The summed E-state index contributed by atoms with van der Waals surface area (Å²) in [6.45, 7) is 6.83. The van der Waals surface area contributed by atoms with Crippen molar-refractivity contribution in [1.29, 1.82) is 0 Å². The molecule has 0 bridgehead atoms. The molecule has 0 fully saturated rings. The summed E-state index contributed by atoms with van der Waals surface area (Å²) in [5, 5.41) is 9.13. The van der Waals surface area contributed by atoms with E-state index >= 15 is 0 Å². The van der Waals surface area contributed by atoms with Gasteiger partial charge in [-0.2, -0.15) is 0 Å². The van der Waals surface area contributed by atoms with Crippen molar-refractivity contribution < 1.29 is 5.11 Å². The van der Waals surface area contributed by atoms with Crippen LogP contribution in [0.1, 0.15) is 44.2 Å². The first-order valence-corrected chi connectivity index (χ1v) is 5.87. The molecule has 0 aliphatic carbocycles. The SMILES string of the molecule is CCC(CO)Cc1ccc(C(C)C)cc1. The number of hydrogen-bond donors (Lipinski definition) is 1. The topological polar surface area (TPSA) is 20.2 Å². The highest BCUT2D eigenvalue weighted by Crippen LogP contribution is 2.17. The summed E-state index contributed by atoms with van der Waals surface area (Å²) in [6.07, 6.45) is 2.04. The Balaban J connectivity index is 2.63. The van der Waals surface area contributed by atoms with Crippen LogP contribution < -0.4 is 0 Å². The Labute approximate surface area is 93.1 Å². The monoisotopic (exact) mass is 206 g/mol. The minimum absolute atomic E-state index is 0.294. The predicted octanol–water partition coefficient (Wildman–Crippen LogP) is 3.37. The van der Waals surface area contributed by atoms with E-state index in [1.165, 1.54) is 11.1 Å². The summed E-state index contributed by atoms with van der Waals surface area (Å²) >= 11 is 0. The molecule has 0 amide bonds.